The molecule has 0 N–H and O–H groups in total. The van der Waals surface area contributed by atoms with Gasteiger partial charge in [-0.1, -0.05) is 0 Å². The second-order valence-corrected chi connectivity index (χ2v) is 0.909. The summed E-state index contributed by atoms with van der Waals surface area (Å²) in [6.45, 7) is 0. The Bertz CT molecular complexity index is 6.00. The first kappa shape index (κ1) is 8.97. The first-order valence-electron chi connectivity index (χ1n) is 0.535. The van der Waals surface area contributed by atoms with Crippen molar-refractivity contribution in [1.29, 1.82) is 0 Å². The molecule has 0 atom stereocenters. The molecule has 0 bridgehead atoms. The van der Waals surface area contributed by atoms with Gasteiger partial charge in [0.1, 0.15) is 0 Å². The minimum absolute atomic E-state index is 0. The van der Waals surface area contributed by atoms with E-state index in [0.717, 1.165) is 0 Å². The van der Waals surface area contributed by atoms with Gasteiger partial charge >= 0.3 is 0 Å². The molecule has 0 aromatic carbocycles. The third kappa shape index (κ3) is 10.6. The number of hydrogen-bond donors (Lipinski definition) is 0. The van der Waals surface area contributed by atoms with Crippen molar-refractivity contribution < 1.29 is 20.1 Å². The normalized spacial score (nSPS) is 4.50. The molecule has 0 aliphatic carbocycles. The summed E-state index contributed by atoms with van der Waals surface area (Å²) in [5.41, 5.74) is 0. The van der Waals surface area contributed by atoms with E-state index in [2.05, 4.69) is 0 Å². The number of alkyl halides is 2. The molecular weight excluding hydrogens is 275 g/mol. The van der Waals surface area contributed by atoms with Gasteiger partial charge in [-0.2, -0.15) is 0 Å². The summed E-state index contributed by atoms with van der Waals surface area (Å²) in [5, 5.41) is 0.194. The van der Waals surface area contributed by atoms with E-state index in [4.69, 9.17) is 23.2 Å². The van der Waals surface area contributed by atoms with Crippen LogP contribution < -0.4 is 0 Å². The molecule has 0 aromatic heterocycles. The molecule has 0 rings (SSSR count). The van der Waals surface area contributed by atoms with Gasteiger partial charge in [-0.15, -0.1) is 23.2 Å². The van der Waals surface area contributed by atoms with Gasteiger partial charge in [0.2, 0.25) is 0 Å². The zero-order chi connectivity index (χ0) is 2.71. The maximum Gasteiger partial charge on any atom is 0.0967 e. The van der Waals surface area contributed by atoms with E-state index in [1.54, 1.807) is 0 Å². The minimum atomic E-state index is 0. The van der Waals surface area contributed by atoms with Gasteiger partial charge in [0.25, 0.3) is 0 Å². The summed E-state index contributed by atoms with van der Waals surface area (Å²) in [7, 11) is 0. The van der Waals surface area contributed by atoms with Crippen LogP contribution >= 0.6 is 23.2 Å². The van der Waals surface area contributed by atoms with Crippen molar-refractivity contribution in [3.8, 4) is 0 Å². The first-order chi connectivity index (χ1) is 1.41. The average molecular weight is 277 g/mol. The van der Waals surface area contributed by atoms with Crippen LogP contribution in [0.1, 0.15) is 0 Å². The first-order valence-corrected chi connectivity index (χ1v) is 1.60. The number of rotatable bonds is 0. The molecule has 0 aliphatic heterocycles. The van der Waals surface area contributed by atoms with Crippen LogP contribution in [0.25, 0.3) is 0 Å². The molecule has 3 heteroatoms. The Balaban J connectivity index is 0. The molecule has 29 valence electrons. The van der Waals surface area contributed by atoms with E-state index in [9.17, 15) is 0 Å². The molecule has 0 saturated carbocycles. The Morgan fingerprint density at radius 2 is 1.25 bits per heavy atom. The summed E-state index contributed by atoms with van der Waals surface area (Å²) in [6.07, 6.45) is 0. The van der Waals surface area contributed by atoms with Crippen molar-refractivity contribution >= 4 is 23.2 Å². The largest absolute Gasteiger partial charge is 0.109 e. The topological polar surface area (TPSA) is 0 Å². The molecule has 0 aromatic rings. The molecule has 0 saturated heterocycles. The molecule has 0 unspecified atom stereocenters. The second kappa shape index (κ2) is 8.87. The fraction of sp³-hybridized carbons (Fsp3) is 1.00. The average Bonchev–Trinajstić information content (AvgIpc) is 0.918. The van der Waals surface area contributed by atoms with Crippen LogP contribution in [-0.4, -0.2) is 5.34 Å². The molecule has 1 radical (unpaired) electrons. The Hall–Kier alpha value is 1.23. The zero-order valence-electron chi connectivity index (χ0n) is 1.80. The van der Waals surface area contributed by atoms with Crippen molar-refractivity contribution in [2.24, 2.45) is 0 Å². The van der Waals surface area contributed by atoms with Crippen molar-refractivity contribution in [2.45, 2.75) is 0 Å². The SMILES string of the molecule is ClCCl.[Ir]. The maximum absolute atomic E-state index is 4.76. The fourth-order valence-corrected chi connectivity index (χ4v) is 0. The van der Waals surface area contributed by atoms with Crippen molar-refractivity contribution in [2.75, 3.05) is 5.34 Å². The summed E-state index contributed by atoms with van der Waals surface area (Å²) in [6, 6.07) is 0. The molecule has 0 nitrogen and oxygen atoms in total. The molecule has 4 heavy (non-hydrogen) atoms. The summed E-state index contributed by atoms with van der Waals surface area (Å²) < 4.78 is 0. The third-order valence-electron chi connectivity index (χ3n) is 0. The van der Waals surface area contributed by atoms with E-state index in [1.165, 1.54) is 0 Å². The maximum atomic E-state index is 4.76. The van der Waals surface area contributed by atoms with Crippen LogP contribution in [0.3, 0.4) is 0 Å². The molecule has 0 aliphatic rings. The monoisotopic (exact) mass is 277 g/mol. The molecular formula is CH2Cl2Ir. The van der Waals surface area contributed by atoms with E-state index >= 15 is 0 Å². The summed E-state index contributed by atoms with van der Waals surface area (Å²) in [5.74, 6) is 0. The molecule has 0 heterocycles. The fourth-order valence-electron chi connectivity index (χ4n) is 0. The van der Waals surface area contributed by atoms with Crippen molar-refractivity contribution in [1.82, 2.24) is 0 Å². The van der Waals surface area contributed by atoms with Crippen LogP contribution in [0.4, 0.5) is 0 Å². The van der Waals surface area contributed by atoms with Crippen molar-refractivity contribution in [3.05, 3.63) is 0 Å². The molecule has 0 fully saturated rings. The molecule has 0 amide bonds. The van der Waals surface area contributed by atoms with Gasteiger partial charge in [0.05, 0.1) is 5.34 Å². The standard InChI is InChI=1S/CH2Cl2.Ir/c2-1-3;/h1H2;. The Labute approximate surface area is 48.8 Å². The van der Waals surface area contributed by atoms with Gasteiger partial charge in [-0.3, -0.25) is 0 Å². The summed E-state index contributed by atoms with van der Waals surface area (Å²) in [4.78, 5) is 0. The van der Waals surface area contributed by atoms with Crippen molar-refractivity contribution in [3.63, 3.8) is 0 Å². The van der Waals surface area contributed by atoms with Gasteiger partial charge in [-0.25, -0.2) is 0 Å². The van der Waals surface area contributed by atoms with E-state index < -0.39 is 0 Å². The number of halogens is 2. The minimum Gasteiger partial charge on any atom is -0.109 e. The van der Waals surface area contributed by atoms with E-state index in [1.807, 2.05) is 0 Å². The van der Waals surface area contributed by atoms with Gasteiger partial charge in [0.15, 0.2) is 0 Å². The summed E-state index contributed by atoms with van der Waals surface area (Å²) >= 11 is 9.53. The van der Waals surface area contributed by atoms with E-state index in [-0.39, 0.29) is 25.4 Å². The van der Waals surface area contributed by atoms with Crippen LogP contribution in [0.5, 0.6) is 0 Å². The van der Waals surface area contributed by atoms with Crippen LogP contribution in [-0.2, 0) is 20.1 Å². The van der Waals surface area contributed by atoms with Crippen LogP contribution in [0.2, 0.25) is 0 Å². The Kier molecular flexibility index (Phi) is 19.9. The quantitative estimate of drug-likeness (QED) is 0.587. The third-order valence-corrected chi connectivity index (χ3v) is 0. The van der Waals surface area contributed by atoms with Gasteiger partial charge in [-0.05, 0) is 0 Å². The van der Waals surface area contributed by atoms with Gasteiger partial charge in [0, 0.05) is 20.1 Å². The van der Waals surface area contributed by atoms with E-state index in [0.29, 0.717) is 0 Å². The van der Waals surface area contributed by atoms with Crippen LogP contribution in [0, 0.1) is 0 Å². The smallest absolute Gasteiger partial charge is 0.0967 e. The zero-order valence-corrected chi connectivity index (χ0v) is 5.70. The van der Waals surface area contributed by atoms with Gasteiger partial charge < -0.3 is 0 Å². The second-order valence-electron chi connectivity index (χ2n) is 0.101. The predicted octanol–water partition coefficient (Wildman–Crippen LogP) is 1.42. The Morgan fingerprint density at radius 3 is 1.25 bits per heavy atom. The number of hydrogen-bond acceptors (Lipinski definition) is 0. The molecule has 0 spiro atoms. The predicted molar refractivity (Wildman–Crippen MR) is 16.6 cm³/mol. The van der Waals surface area contributed by atoms with Crippen LogP contribution in [0.15, 0.2) is 0 Å². The Morgan fingerprint density at radius 1 is 1.25 bits per heavy atom.